The molecule has 0 aliphatic carbocycles. The lowest BCUT2D eigenvalue weighted by molar-refractivity contribution is 0.121. The Hall–Kier alpha value is -0.680. The maximum Gasteiger partial charge on any atom is 0.191 e. The lowest BCUT2D eigenvalue weighted by Gasteiger charge is -2.13. The zero-order valence-corrected chi connectivity index (χ0v) is 9.01. The van der Waals surface area contributed by atoms with Crippen molar-refractivity contribution in [2.75, 3.05) is 6.61 Å². The molecule has 1 aromatic carbocycles. The largest absolute Gasteiger partial charge is 0.482 e. The number of hydrogen-bond donors (Lipinski definition) is 1. The Bertz CT molecular complexity index is 308. The minimum atomic E-state index is -0.794. The highest BCUT2D eigenvalue weighted by atomic mass is 79.9. The summed E-state index contributed by atoms with van der Waals surface area (Å²) in [5.74, 6) is -2.05. The quantitative estimate of drug-likeness (QED) is 0.911. The van der Waals surface area contributed by atoms with Gasteiger partial charge in [-0.05, 0) is 19.1 Å². The van der Waals surface area contributed by atoms with E-state index in [0.29, 0.717) is 4.47 Å². The smallest absolute Gasteiger partial charge is 0.191 e. The molecule has 1 atom stereocenters. The highest BCUT2D eigenvalue weighted by molar-refractivity contribution is 9.10. The van der Waals surface area contributed by atoms with Crippen LogP contribution in [0.4, 0.5) is 8.78 Å². The van der Waals surface area contributed by atoms with Gasteiger partial charge in [0.25, 0.3) is 0 Å². The molecule has 0 radical (unpaired) electrons. The van der Waals surface area contributed by atoms with E-state index in [0.717, 1.165) is 12.1 Å². The normalized spacial score (nSPS) is 12.6. The Kier molecular flexibility index (Phi) is 3.83. The summed E-state index contributed by atoms with van der Waals surface area (Å²) in [7, 11) is 0. The number of benzene rings is 1. The molecule has 0 aliphatic rings. The number of aliphatic hydroxyl groups excluding tert-OH is 1. The van der Waals surface area contributed by atoms with Gasteiger partial charge in [0.05, 0.1) is 6.61 Å². The molecule has 1 rings (SSSR count). The van der Waals surface area contributed by atoms with Gasteiger partial charge in [-0.3, -0.25) is 0 Å². The van der Waals surface area contributed by atoms with Crippen molar-refractivity contribution in [1.29, 1.82) is 0 Å². The second-order valence-electron chi connectivity index (χ2n) is 2.81. The predicted molar refractivity (Wildman–Crippen MR) is 51.2 cm³/mol. The van der Waals surface area contributed by atoms with Gasteiger partial charge >= 0.3 is 0 Å². The predicted octanol–water partition coefficient (Wildman–Crippen LogP) is 2.49. The molecule has 78 valence electrons. The summed E-state index contributed by atoms with van der Waals surface area (Å²) < 4.78 is 31.4. The van der Waals surface area contributed by atoms with E-state index < -0.39 is 23.5 Å². The van der Waals surface area contributed by atoms with Crippen LogP contribution in [0.2, 0.25) is 0 Å². The molecule has 0 aliphatic heterocycles. The SMILES string of the molecule is CC(CO)Oc1c(F)cc(Br)cc1F. The van der Waals surface area contributed by atoms with E-state index in [1.54, 1.807) is 0 Å². The van der Waals surface area contributed by atoms with Crippen molar-refractivity contribution in [3.05, 3.63) is 28.2 Å². The van der Waals surface area contributed by atoms with Crippen molar-refractivity contribution in [2.24, 2.45) is 0 Å². The van der Waals surface area contributed by atoms with Crippen LogP contribution in [0, 0.1) is 11.6 Å². The Morgan fingerprint density at radius 3 is 2.36 bits per heavy atom. The van der Waals surface area contributed by atoms with Crippen molar-refractivity contribution in [3.63, 3.8) is 0 Å². The van der Waals surface area contributed by atoms with Crippen molar-refractivity contribution in [3.8, 4) is 5.75 Å². The Morgan fingerprint density at radius 2 is 1.93 bits per heavy atom. The summed E-state index contributed by atoms with van der Waals surface area (Å²) >= 11 is 2.95. The van der Waals surface area contributed by atoms with Gasteiger partial charge < -0.3 is 9.84 Å². The lowest BCUT2D eigenvalue weighted by atomic mass is 10.3. The molecule has 5 heteroatoms. The van der Waals surface area contributed by atoms with Gasteiger partial charge in [0, 0.05) is 4.47 Å². The summed E-state index contributed by atoms with van der Waals surface area (Å²) in [4.78, 5) is 0. The Morgan fingerprint density at radius 1 is 1.43 bits per heavy atom. The summed E-state index contributed by atoms with van der Waals surface area (Å²) in [5.41, 5.74) is 0. The highest BCUT2D eigenvalue weighted by Crippen LogP contribution is 2.26. The van der Waals surface area contributed by atoms with Gasteiger partial charge in [0.1, 0.15) is 6.10 Å². The third-order valence-electron chi connectivity index (χ3n) is 1.54. The van der Waals surface area contributed by atoms with Crippen LogP contribution in [0.3, 0.4) is 0 Å². The summed E-state index contributed by atoms with van der Waals surface area (Å²) in [6.07, 6.45) is -0.639. The van der Waals surface area contributed by atoms with Crippen LogP contribution >= 0.6 is 15.9 Å². The minimum absolute atomic E-state index is 0.297. The fourth-order valence-electron chi connectivity index (χ4n) is 0.880. The second kappa shape index (κ2) is 4.70. The number of hydrogen-bond acceptors (Lipinski definition) is 2. The van der Waals surface area contributed by atoms with E-state index in [-0.39, 0.29) is 6.61 Å². The fraction of sp³-hybridized carbons (Fsp3) is 0.333. The second-order valence-corrected chi connectivity index (χ2v) is 3.73. The maximum atomic E-state index is 13.1. The first-order chi connectivity index (χ1) is 6.54. The van der Waals surface area contributed by atoms with E-state index in [9.17, 15) is 8.78 Å². The van der Waals surface area contributed by atoms with Crippen LogP contribution in [0.1, 0.15) is 6.92 Å². The van der Waals surface area contributed by atoms with Crippen LogP contribution in [0.5, 0.6) is 5.75 Å². The Balaban J connectivity index is 2.96. The van der Waals surface area contributed by atoms with Gasteiger partial charge in [-0.1, -0.05) is 15.9 Å². The van der Waals surface area contributed by atoms with Crippen molar-refractivity contribution >= 4 is 15.9 Å². The average Bonchev–Trinajstić information content (AvgIpc) is 2.10. The van der Waals surface area contributed by atoms with E-state index in [4.69, 9.17) is 9.84 Å². The topological polar surface area (TPSA) is 29.5 Å². The lowest BCUT2D eigenvalue weighted by Crippen LogP contribution is -2.17. The van der Waals surface area contributed by atoms with Crippen LogP contribution in [-0.4, -0.2) is 17.8 Å². The third-order valence-corrected chi connectivity index (χ3v) is 2.00. The Labute approximate surface area is 88.6 Å². The fourth-order valence-corrected chi connectivity index (χ4v) is 1.28. The molecule has 0 amide bonds. The summed E-state index contributed by atoms with van der Waals surface area (Å²) in [6, 6.07) is 2.20. The number of aliphatic hydroxyl groups is 1. The molecule has 14 heavy (non-hydrogen) atoms. The number of rotatable bonds is 3. The third kappa shape index (κ3) is 2.65. The minimum Gasteiger partial charge on any atom is -0.482 e. The van der Waals surface area contributed by atoms with Gasteiger partial charge in [0.2, 0.25) is 0 Å². The number of ether oxygens (including phenoxy) is 1. The van der Waals surface area contributed by atoms with Gasteiger partial charge in [0.15, 0.2) is 17.4 Å². The molecule has 0 fully saturated rings. The first-order valence-corrected chi connectivity index (χ1v) is 4.76. The monoisotopic (exact) mass is 266 g/mol. The maximum absolute atomic E-state index is 13.1. The molecule has 0 bridgehead atoms. The number of halogens is 3. The standard InChI is InChI=1S/C9H9BrF2O2/c1-5(4-13)14-9-7(11)2-6(10)3-8(9)12/h2-3,5,13H,4H2,1H3. The molecule has 0 saturated carbocycles. The van der Waals surface area contributed by atoms with Gasteiger partial charge in [-0.25, -0.2) is 8.78 Å². The molecule has 0 heterocycles. The summed E-state index contributed by atoms with van der Waals surface area (Å²) in [6.45, 7) is 1.22. The van der Waals surface area contributed by atoms with E-state index in [1.807, 2.05) is 0 Å². The van der Waals surface area contributed by atoms with Gasteiger partial charge in [-0.15, -0.1) is 0 Å². The van der Waals surface area contributed by atoms with E-state index in [2.05, 4.69) is 15.9 Å². The molecule has 0 spiro atoms. The molecular formula is C9H9BrF2O2. The van der Waals surface area contributed by atoms with Crippen LogP contribution < -0.4 is 4.74 Å². The van der Waals surface area contributed by atoms with E-state index in [1.165, 1.54) is 6.92 Å². The molecular weight excluding hydrogens is 258 g/mol. The van der Waals surface area contributed by atoms with Crippen LogP contribution in [0.15, 0.2) is 16.6 Å². The average molecular weight is 267 g/mol. The van der Waals surface area contributed by atoms with Crippen molar-refractivity contribution in [2.45, 2.75) is 13.0 Å². The first kappa shape index (κ1) is 11.4. The first-order valence-electron chi connectivity index (χ1n) is 3.96. The molecule has 0 saturated heterocycles. The van der Waals surface area contributed by atoms with E-state index >= 15 is 0 Å². The molecule has 0 aromatic heterocycles. The molecule has 1 N–H and O–H groups in total. The van der Waals surface area contributed by atoms with Gasteiger partial charge in [-0.2, -0.15) is 0 Å². The zero-order chi connectivity index (χ0) is 10.7. The molecule has 1 unspecified atom stereocenters. The summed E-state index contributed by atoms with van der Waals surface area (Å²) in [5, 5.41) is 8.65. The van der Waals surface area contributed by atoms with Crippen molar-refractivity contribution < 1.29 is 18.6 Å². The molecule has 2 nitrogen and oxygen atoms in total. The molecule has 1 aromatic rings. The van der Waals surface area contributed by atoms with Crippen LogP contribution in [0.25, 0.3) is 0 Å². The van der Waals surface area contributed by atoms with Crippen molar-refractivity contribution in [1.82, 2.24) is 0 Å². The zero-order valence-electron chi connectivity index (χ0n) is 7.43. The highest BCUT2D eigenvalue weighted by Gasteiger charge is 2.14. The van der Waals surface area contributed by atoms with Crippen LogP contribution in [-0.2, 0) is 0 Å².